The molecule has 2 nitrogen and oxygen atoms in total. The monoisotopic (exact) mass is 218 g/mol. The largest absolute Gasteiger partial charge is 0.348 e. The highest BCUT2D eigenvalue weighted by molar-refractivity contribution is 4.97. The lowest BCUT2D eigenvalue weighted by atomic mass is 9.80. The molecule has 3 aliphatic rings. The molecule has 0 radical (unpaired) electrons. The van der Waals surface area contributed by atoms with E-state index in [4.69, 9.17) is 9.47 Å². The van der Waals surface area contributed by atoms with E-state index in [-0.39, 0.29) is 18.8 Å². The van der Waals surface area contributed by atoms with Crippen LogP contribution >= 0.6 is 0 Å². The van der Waals surface area contributed by atoms with Crippen LogP contribution in [0.5, 0.6) is 0 Å². The minimum absolute atomic E-state index is 0.0339. The Morgan fingerprint density at radius 3 is 2.33 bits per heavy atom. The Morgan fingerprint density at radius 1 is 0.933 bits per heavy atom. The van der Waals surface area contributed by atoms with Gasteiger partial charge in [-0.2, -0.15) is 0 Å². The van der Waals surface area contributed by atoms with E-state index in [0.717, 1.165) is 6.42 Å². The third-order valence-corrected chi connectivity index (χ3v) is 4.07. The average molecular weight is 218 g/mol. The van der Waals surface area contributed by atoms with E-state index in [9.17, 15) is 8.78 Å². The standard InChI is InChI=1S/C11H16F2O2/c12-10(13)2-1-8-6-11(7-9(8)5-10)14-3-4-15-11/h8-9H,1-7H2/t8?,9-/m0/s1. The molecule has 2 atom stereocenters. The van der Waals surface area contributed by atoms with Gasteiger partial charge in [0.2, 0.25) is 5.92 Å². The van der Waals surface area contributed by atoms with Gasteiger partial charge in [0.15, 0.2) is 5.79 Å². The molecule has 3 fully saturated rings. The zero-order valence-electron chi connectivity index (χ0n) is 8.68. The molecule has 86 valence electrons. The van der Waals surface area contributed by atoms with Crippen LogP contribution in [0.25, 0.3) is 0 Å². The number of halogens is 2. The fourth-order valence-electron chi connectivity index (χ4n) is 3.41. The lowest BCUT2D eigenvalue weighted by molar-refractivity contribution is -0.154. The quantitative estimate of drug-likeness (QED) is 0.622. The highest BCUT2D eigenvalue weighted by Gasteiger charge is 2.54. The zero-order chi connectivity index (χ0) is 10.5. The van der Waals surface area contributed by atoms with Gasteiger partial charge in [-0.05, 0) is 18.3 Å². The minimum Gasteiger partial charge on any atom is -0.348 e. The minimum atomic E-state index is -2.45. The Morgan fingerprint density at radius 2 is 1.60 bits per heavy atom. The van der Waals surface area contributed by atoms with Gasteiger partial charge in [-0.25, -0.2) is 8.78 Å². The smallest absolute Gasteiger partial charge is 0.248 e. The number of fused-ring (bicyclic) bond motifs is 1. The van der Waals surface area contributed by atoms with Crippen molar-refractivity contribution in [1.82, 2.24) is 0 Å². The Balaban J connectivity index is 1.74. The van der Waals surface area contributed by atoms with Crippen molar-refractivity contribution < 1.29 is 18.3 Å². The lowest BCUT2D eigenvalue weighted by Crippen LogP contribution is -2.29. The summed E-state index contributed by atoms with van der Waals surface area (Å²) in [6, 6.07) is 0. The molecule has 0 bridgehead atoms. The van der Waals surface area contributed by atoms with Gasteiger partial charge in [0.1, 0.15) is 0 Å². The second-order valence-electron chi connectivity index (χ2n) is 5.13. The van der Waals surface area contributed by atoms with Crippen LogP contribution in [0.2, 0.25) is 0 Å². The molecule has 0 aromatic heterocycles. The number of rotatable bonds is 0. The first-order valence-corrected chi connectivity index (χ1v) is 5.74. The SMILES string of the molecule is FC1(F)CCC2CC3(C[C@@H]2C1)OCCO3. The molecule has 1 aliphatic heterocycles. The van der Waals surface area contributed by atoms with Crippen molar-refractivity contribution in [1.29, 1.82) is 0 Å². The van der Waals surface area contributed by atoms with E-state index < -0.39 is 11.7 Å². The highest BCUT2D eigenvalue weighted by atomic mass is 19.3. The van der Waals surface area contributed by atoms with Gasteiger partial charge in [-0.3, -0.25) is 0 Å². The molecule has 1 unspecified atom stereocenters. The number of alkyl halides is 2. The van der Waals surface area contributed by atoms with Crippen LogP contribution in [0.1, 0.15) is 32.1 Å². The summed E-state index contributed by atoms with van der Waals surface area (Å²) >= 11 is 0. The van der Waals surface area contributed by atoms with Crippen molar-refractivity contribution in [2.45, 2.75) is 43.8 Å². The van der Waals surface area contributed by atoms with E-state index in [1.54, 1.807) is 0 Å². The maximum atomic E-state index is 13.2. The molecule has 3 rings (SSSR count). The first-order valence-electron chi connectivity index (χ1n) is 5.74. The normalized spacial score (nSPS) is 42.0. The molecule has 1 saturated heterocycles. The number of hydrogen-bond donors (Lipinski definition) is 0. The molecule has 0 amide bonds. The summed E-state index contributed by atoms with van der Waals surface area (Å²) in [6.45, 7) is 1.24. The van der Waals surface area contributed by atoms with Crippen molar-refractivity contribution in [2.24, 2.45) is 11.8 Å². The summed E-state index contributed by atoms with van der Waals surface area (Å²) in [5.74, 6) is -2.45. The molecule has 2 saturated carbocycles. The topological polar surface area (TPSA) is 18.5 Å². The molecule has 4 heteroatoms. The van der Waals surface area contributed by atoms with E-state index >= 15 is 0 Å². The van der Waals surface area contributed by atoms with Gasteiger partial charge in [0, 0.05) is 25.7 Å². The molecule has 0 aromatic carbocycles. The Bertz CT molecular complexity index is 261. The molecule has 2 aliphatic carbocycles. The predicted octanol–water partition coefficient (Wildman–Crippen LogP) is 2.57. The molecular formula is C11H16F2O2. The number of hydrogen-bond acceptors (Lipinski definition) is 2. The van der Waals surface area contributed by atoms with E-state index in [2.05, 4.69) is 0 Å². The van der Waals surface area contributed by atoms with Crippen LogP contribution < -0.4 is 0 Å². The third kappa shape index (κ3) is 1.68. The van der Waals surface area contributed by atoms with Crippen molar-refractivity contribution >= 4 is 0 Å². The fourth-order valence-corrected chi connectivity index (χ4v) is 3.41. The van der Waals surface area contributed by atoms with Crippen molar-refractivity contribution in [3.8, 4) is 0 Å². The Labute approximate surface area is 87.9 Å². The molecule has 1 heterocycles. The van der Waals surface area contributed by atoms with Gasteiger partial charge in [-0.15, -0.1) is 0 Å². The second-order valence-corrected chi connectivity index (χ2v) is 5.13. The molecular weight excluding hydrogens is 202 g/mol. The van der Waals surface area contributed by atoms with E-state index in [0.29, 0.717) is 32.0 Å². The van der Waals surface area contributed by atoms with E-state index in [1.807, 2.05) is 0 Å². The van der Waals surface area contributed by atoms with Crippen molar-refractivity contribution in [3.05, 3.63) is 0 Å². The fraction of sp³-hybridized carbons (Fsp3) is 1.00. The summed E-state index contributed by atoms with van der Waals surface area (Å²) in [5.41, 5.74) is 0. The van der Waals surface area contributed by atoms with Crippen LogP contribution in [0, 0.1) is 11.8 Å². The molecule has 1 spiro atoms. The molecule has 0 aromatic rings. The van der Waals surface area contributed by atoms with Gasteiger partial charge in [0.05, 0.1) is 13.2 Å². The summed E-state index contributed by atoms with van der Waals surface area (Å²) < 4.78 is 37.7. The maximum Gasteiger partial charge on any atom is 0.248 e. The van der Waals surface area contributed by atoms with Crippen molar-refractivity contribution in [2.75, 3.05) is 13.2 Å². The summed E-state index contributed by atoms with van der Waals surface area (Å²) in [6.07, 6.45) is 2.21. The summed E-state index contributed by atoms with van der Waals surface area (Å²) in [7, 11) is 0. The Kier molecular flexibility index (Phi) is 2.09. The van der Waals surface area contributed by atoms with Crippen molar-refractivity contribution in [3.63, 3.8) is 0 Å². The average Bonchev–Trinajstić information content (AvgIpc) is 2.71. The predicted molar refractivity (Wildman–Crippen MR) is 49.6 cm³/mol. The maximum absolute atomic E-state index is 13.2. The second kappa shape index (κ2) is 3.14. The Hall–Kier alpha value is -0.220. The molecule has 0 N–H and O–H groups in total. The summed E-state index contributed by atoms with van der Waals surface area (Å²) in [4.78, 5) is 0. The van der Waals surface area contributed by atoms with Crippen LogP contribution in [-0.2, 0) is 9.47 Å². The van der Waals surface area contributed by atoms with Crippen LogP contribution in [0.4, 0.5) is 8.78 Å². The van der Waals surface area contributed by atoms with Gasteiger partial charge >= 0.3 is 0 Å². The first-order chi connectivity index (χ1) is 7.09. The first kappa shape index (κ1) is 9.97. The summed E-state index contributed by atoms with van der Waals surface area (Å²) in [5, 5.41) is 0. The van der Waals surface area contributed by atoms with Gasteiger partial charge in [0.25, 0.3) is 0 Å². The van der Waals surface area contributed by atoms with Crippen LogP contribution in [0.15, 0.2) is 0 Å². The highest BCUT2D eigenvalue weighted by Crippen LogP contribution is 2.53. The van der Waals surface area contributed by atoms with Gasteiger partial charge in [-0.1, -0.05) is 0 Å². The van der Waals surface area contributed by atoms with Gasteiger partial charge < -0.3 is 9.47 Å². The van der Waals surface area contributed by atoms with Crippen LogP contribution in [-0.4, -0.2) is 24.9 Å². The third-order valence-electron chi connectivity index (χ3n) is 4.07. The zero-order valence-corrected chi connectivity index (χ0v) is 8.68. The van der Waals surface area contributed by atoms with E-state index in [1.165, 1.54) is 0 Å². The lowest BCUT2D eigenvalue weighted by Gasteiger charge is -2.30. The number of ether oxygens (including phenoxy) is 2. The van der Waals surface area contributed by atoms with Crippen LogP contribution in [0.3, 0.4) is 0 Å². The molecule has 15 heavy (non-hydrogen) atoms.